The maximum Gasteiger partial charge on any atom is 0.170 e. The molecule has 0 amide bonds. The molecule has 2 nitrogen and oxygen atoms in total. The van der Waals surface area contributed by atoms with E-state index in [4.69, 9.17) is 0 Å². The van der Waals surface area contributed by atoms with Gasteiger partial charge in [-0.25, -0.2) is 26.3 Å². The van der Waals surface area contributed by atoms with Crippen LogP contribution in [0.4, 0.5) is 26.3 Å². The minimum Gasteiger partial charge on any atom is -0.265 e. The zero-order chi connectivity index (χ0) is 20.0. The Hall–Kier alpha value is -3.42. The topological polar surface area (TPSA) is 25.8 Å². The predicted octanol–water partition coefficient (Wildman–Crippen LogP) is 5.80. The van der Waals surface area contributed by atoms with Gasteiger partial charge in [0, 0.05) is 24.8 Å². The van der Waals surface area contributed by atoms with E-state index in [1.54, 1.807) is 0 Å². The lowest BCUT2D eigenvalue weighted by atomic mass is 9.95. The number of nitrogens with zero attached hydrogens (tertiary/aromatic N) is 2. The zero-order valence-corrected chi connectivity index (χ0v) is 13.8. The van der Waals surface area contributed by atoms with Gasteiger partial charge >= 0.3 is 0 Å². The van der Waals surface area contributed by atoms with E-state index in [1.165, 1.54) is 24.8 Å². The molecule has 0 N–H and O–H groups in total. The van der Waals surface area contributed by atoms with E-state index in [-0.39, 0.29) is 11.1 Å². The molecule has 2 aromatic heterocycles. The minimum absolute atomic E-state index is 0.163. The third kappa shape index (κ3) is 2.52. The lowest BCUT2D eigenvalue weighted by molar-refractivity contribution is 0.486. The molecule has 2 heterocycles. The van der Waals surface area contributed by atoms with Crippen LogP contribution >= 0.6 is 0 Å². The van der Waals surface area contributed by atoms with Gasteiger partial charge in [-0.1, -0.05) is 0 Å². The highest BCUT2D eigenvalue weighted by Crippen LogP contribution is 2.41. The van der Waals surface area contributed by atoms with Crippen LogP contribution in [0.25, 0.3) is 33.0 Å². The van der Waals surface area contributed by atoms with Crippen molar-refractivity contribution in [1.82, 2.24) is 9.97 Å². The first-order valence-electron chi connectivity index (χ1n) is 7.90. The van der Waals surface area contributed by atoms with Crippen molar-refractivity contribution in [2.75, 3.05) is 0 Å². The lowest BCUT2D eigenvalue weighted by Crippen LogP contribution is -2.05. The van der Waals surface area contributed by atoms with Gasteiger partial charge in [-0.2, -0.15) is 0 Å². The molecule has 0 saturated heterocycles. The highest BCUT2D eigenvalue weighted by atomic mass is 19.2. The summed E-state index contributed by atoms with van der Waals surface area (Å²) in [6.45, 7) is 0. The lowest BCUT2D eigenvalue weighted by Gasteiger charge is -2.15. The molecule has 0 unspecified atom stereocenters. The van der Waals surface area contributed by atoms with Crippen LogP contribution in [0.2, 0.25) is 0 Å². The molecule has 0 fully saturated rings. The average molecular weight is 390 g/mol. The molecular formula is C20H8F6N2. The third-order valence-electron chi connectivity index (χ3n) is 4.33. The monoisotopic (exact) mass is 390 g/mol. The largest absolute Gasteiger partial charge is 0.265 e. The number of aromatic nitrogens is 2. The van der Waals surface area contributed by atoms with Crippen molar-refractivity contribution in [3.63, 3.8) is 0 Å². The zero-order valence-electron chi connectivity index (χ0n) is 13.8. The van der Waals surface area contributed by atoms with Crippen molar-refractivity contribution < 1.29 is 26.3 Å². The first-order valence-corrected chi connectivity index (χ1v) is 7.90. The molecule has 0 saturated carbocycles. The number of benzene rings is 2. The Morgan fingerprint density at radius 1 is 0.429 bits per heavy atom. The highest BCUT2D eigenvalue weighted by Gasteiger charge is 2.31. The van der Waals surface area contributed by atoms with Gasteiger partial charge in [0.05, 0.1) is 21.9 Å². The van der Waals surface area contributed by atoms with E-state index in [2.05, 4.69) is 9.97 Å². The molecule has 4 rings (SSSR count). The summed E-state index contributed by atoms with van der Waals surface area (Å²) >= 11 is 0. The summed E-state index contributed by atoms with van der Waals surface area (Å²) in [6.07, 6.45) is 4.72. The van der Waals surface area contributed by atoms with Crippen LogP contribution in [0.3, 0.4) is 0 Å². The standard InChI is InChI=1S/C20H8F6N2/c21-15-11(9-1-5-27-6-2-9)17(23)19(25)14-13(15)20(26)18(24)12(16(14)22)10-3-7-28-8-4-10/h1-8H. The Bertz CT molecular complexity index is 1110. The van der Waals surface area contributed by atoms with Crippen molar-refractivity contribution in [3.05, 3.63) is 84.0 Å². The van der Waals surface area contributed by atoms with Crippen molar-refractivity contribution >= 4 is 10.8 Å². The third-order valence-corrected chi connectivity index (χ3v) is 4.33. The molecule has 0 radical (unpaired) electrons. The van der Waals surface area contributed by atoms with Crippen LogP contribution in [0.1, 0.15) is 0 Å². The Morgan fingerprint density at radius 2 is 0.750 bits per heavy atom. The van der Waals surface area contributed by atoms with Crippen LogP contribution in [0.5, 0.6) is 0 Å². The van der Waals surface area contributed by atoms with Crippen LogP contribution in [0.15, 0.2) is 49.1 Å². The number of fused-ring (bicyclic) bond motifs is 1. The number of pyridine rings is 2. The van der Waals surface area contributed by atoms with Crippen LogP contribution in [0, 0.1) is 34.9 Å². The second-order valence-electron chi connectivity index (χ2n) is 5.86. The predicted molar refractivity (Wildman–Crippen MR) is 90.2 cm³/mol. The highest BCUT2D eigenvalue weighted by molar-refractivity contribution is 5.93. The van der Waals surface area contributed by atoms with E-state index in [0.717, 1.165) is 24.3 Å². The first kappa shape index (κ1) is 18.0. The molecule has 0 atom stereocenters. The summed E-state index contributed by atoms with van der Waals surface area (Å²) in [5.41, 5.74) is -2.21. The van der Waals surface area contributed by atoms with Gasteiger partial charge in [-0.3, -0.25) is 9.97 Å². The Morgan fingerprint density at radius 3 is 1.07 bits per heavy atom. The van der Waals surface area contributed by atoms with Gasteiger partial charge in [-0.15, -0.1) is 0 Å². The van der Waals surface area contributed by atoms with Crippen LogP contribution in [-0.2, 0) is 0 Å². The fourth-order valence-electron chi connectivity index (χ4n) is 3.06. The van der Waals surface area contributed by atoms with E-state index >= 15 is 0 Å². The van der Waals surface area contributed by atoms with E-state index in [1.807, 2.05) is 0 Å². The van der Waals surface area contributed by atoms with Crippen molar-refractivity contribution in [1.29, 1.82) is 0 Å². The van der Waals surface area contributed by atoms with Crippen molar-refractivity contribution in [2.45, 2.75) is 0 Å². The summed E-state index contributed by atoms with van der Waals surface area (Å²) in [6, 6.07) is 4.62. The Balaban J connectivity index is 2.17. The summed E-state index contributed by atoms with van der Waals surface area (Å²) in [7, 11) is 0. The van der Waals surface area contributed by atoms with E-state index in [0.29, 0.717) is 0 Å². The normalized spacial score (nSPS) is 11.2. The Labute approximate surface area is 154 Å². The van der Waals surface area contributed by atoms with Gasteiger partial charge in [0.1, 0.15) is 11.6 Å². The van der Waals surface area contributed by atoms with E-state index in [9.17, 15) is 26.3 Å². The molecule has 0 aliphatic carbocycles. The molecule has 8 heteroatoms. The minimum atomic E-state index is -1.82. The second-order valence-corrected chi connectivity index (χ2v) is 5.86. The molecule has 140 valence electrons. The quantitative estimate of drug-likeness (QED) is 0.319. The summed E-state index contributed by atoms with van der Waals surface area (Å²) in [5, 5.41) is -2.61. The summed E-state index contributed by atoms with van der Waals surface area (Å²) in [5.74, 6) is -10.3. The first-order chi connectivity index (χ1) is 13.4. The molecule has 2 aromatic carbocycles. The fraction of sp³-hybridized carbons (Fsp3) is 0. The molecule has 0 bridgehead atoms. The molecule has 4 aromatic rings. The number of hydrogen-bond donors (Lipinski definition) is 0. The number of rotatable bonds is 2. The van der Waals surface area contributed by atoms with Gasteiger partial charge in [0.15, 0.2) is 23.3 Å². The maximum absolute atomic E-state index is 14.9. The van der Waals surface area contributed by atoms with Crippen LogP contribution < -0.4 is 0 Å². The number of halogens is 6. The molecule has 0 spiro atoms. The van der Waals surface area contributed by atoms with Crippen molar-refractivity contribution in [3.8, 4) is 22.3 Å². The van der Waals surface area contributed by atoms with Gasteiger partial charge in [0.25, 0.3) is 0 Å². The fourth-order valence-corrected chi connectivity index (χ4v) is 3.06. The number of hydrogen-bond acceptors (Lipinski definition) is 2. The SMILES string of the molecule is Fc1c(-c2ccncc2)c(F)c2c(F)c(F)c(-c3ccncc3)c(F)c2c1F. The van der Waals surface area contributed by atoms with Gasteiger partial charge < -0.3 is 0 Å². The summed E-state index contributed by atoms with van der Waals surface area (Å²) < 4.78 is 88.5. The molecular weight excluding hydrogens is 382 g/mol. The molecule has 0 aliphatic rings. The molecule has 28 heavy (non-hydrogen) atoms. The molecule has 0 aliphatic heterocycles. The Kier molecular flexibility index (Phi) is 4.26. The summed E-state index contributed by atoms with van der Waals surface area (Å²) in [4.78, 5) is 7.34. The van der Waals surface area contributed by atoms with Crippen LogP contribution in [-0.4, -0.2) is 9.97 Å². The smallest absolute Gasteiger partial charge is 0.170 e. The second kappa shape index (κ2) is 6.63. The maximum atomic E-state index is 14.9. The van der Waals surface area contributed by atoms with Gasteiger partial charge in [-0.05, 0) is 35.4 Å². The average Bonchev–Trinajstić information content (AvgIpc) is 2.71. The van der Waals surface area contributed by atoms with E-state index < -0.39 is 56.8 Å². The van der Waals surface area contributed by atoms with Gasteiger partial charge in [0.2, 0.25) is 0 Å². The van der Waals surface area contributed by atoms with Crippen molar-refractivity contribution in [2.24, 2.45) is 0 Å².